The summed E-state index contributed by atoms with van der Waals surface area (Å²) in [5.74, 6) is -0.676. The van der Waals surface area contributed by atoms with E-state index in [1.807, 2.05) is 0 Å². The molecular formula is C12H19N3O3. The molecule has 2 heterocycles. The highest BCUT2D eigenvalue weighted by atomic mass is 16.4. The van der Waals surface area contributed by atoms with Crippen LogP contribution in [0.4, 0.5) is 0 Å². The number of carbonyl (C=O) groups is 1. The molecule has 100 valence electrons. The number of aryl methyl sites for hydroxylation is 1. The molecule has 0 bridgehead atoms. The third-order valence-electron chi connectivity index (χ3n) is 3.36. The Balaban J connectivity index is 2.06. The molecule has 6 nitrogen and oxygen atoms in total. The number of aromatic nitrogens is 2. The lowest BCUT2D eigenvalue weighted by atomic mass is 9.98. The highest BCUT2D eigenvalue weighted by Gasteiger charge is 2.22. The third-order valence-corrected chi connectivity index (χ3v) is 3.36. The number of aromatic carboxylic acids is 1. The topological polar surface area (TPSA) is 78.6 Å². The number of carboxylic acid groups (broad SMARTS) is 1. The molecule has 1 aliphatic rings. The van der Waals surface area contributed by atoms with Gasteiger partial charge in [-0.05, 0) is 25.3 Å². The number of likely N-dealkylation sites (tertiary alicyclic amines) is 1. The van der Waals surface area contributed by atoms with Crippen molar-refractivity contribution < 1.29 is 15.0 Å². The van der Waals surface area contributed by atoms with Crippen LogP contribution in [0.3, 0.4) is 0 Å². The van der Waals surface area contributed by atoms with Gasteiger partial charge in [-0.25, -0.2) is 4.79 Å². The van der Waals surface area contributed by atoms with Gasteiger partial charge in [0, 0.05) is 38.5 Å². The second-order valence-corrected chi connectivity index (χ2v) is 4.91. The maximum atomic E-state index is 11.1. The van der Waals surface area contributed by atoms with Gasteiger partial charge < -0.3 is 10.2 Å². The van der Waals surface area contributed by atoms with Crippen LogP contribution in [0.25, 0.3) is 0 Å². The van der Waals surface area contributed by atoms with E-state index in [1.54, 1.807) is 13.2 Å². The van der Waals surface area contributed by atoms with E-state index in [-0.39, 0.29) is 12.3 Å². The molecule has 0 saturated carbocycles. The van der Waals surface area contributed by atoms with Gasteiger partial charge in [0.15, 0.2) is 5.69 Å². The third kappa shape index (κ3) is 2.88. The summed E-state index contributed by atoms with van der Waals surface area (Å²) in [6, 6.07) is 0. The summed E-state index contributed by atoms with van der Waals surface area (Å²) in [5, 5.41) is 22.2. The fourth-order valence-electron chi connectivity index (χ4n) is 2.52. The van der Waals surface area contributed by atoms with Gasteiger partial charge in [-0.2, -0.15) is 5.10 Å². The molecule has 1 fully saturated rings. The number of aliphatic hydroxyl groups is 1. The zero-order valence-corrected chi connectivity index (χ0v) is 10.5. The van der Waals surface area contributed by atoms with Crippen LogP contribution < -0.4 is 0 Å². The van der Waals surface area contributed by atoms with E-state index in [9.17, 15) is 9.90 Å². The normalized spacial score (nSPS) is 21.1. The molecule has 0 aromatic carbocycles. The van der Waals surface area contributed by atoms with Crippen LogP contribution >= 0.6 is 0 Å². The summed E-state index contributed by atoms with van der Waals surface area (Å²) in [7, 11) is 1.72. The molecule has 0 amide bonds. The van der Waals surface area contributed by atoms with E-state index in [1.165, 1.54) is 4.68 Å². The van der Waals surface area contributed by atoms with Crippen LogP contribution in [0.2, 0.25) is 0 Å². The number of nitrogens with zero attached hydrogens (tertiary/aromatic N) is 3. The molecule has 1 atom stereocenters. The zero-order chi connectivity index (χ0) is 13.1. The largest absolute Gasteiger partial charge is 0.476 e. The van der Waals surface area contributed by atoms with E-state index in [0.29, 0.717) is 12.5 Å². The second kappa shape index (κ2) is 5.49. The Bertz CT molecular complexity index is 430. The van der Waals surface area contributed by atoms with Crippen molar-refractivity contribution in [2.24, 2.45) is 13.0 Å². The van der Waals surface area contributed by atoms with Gasteiger partial charge in [-0.1, -0.05) is 0 Å². The van der Waals surface area contributed by atoms with Gasteiger partial charge in [0.2, 0.25) is 0 Å². The van der Waals surface area contributed by atoms with Gasteiger partial charge in [0.1, 0.15) is 0 Å². The van der Waals surface area contributed by atoms with Crippen molar-refractivity contribution in [3.63, 3.8) is 0 Å². The number of carboxylic acids is 1. The molecule has 0 radical (unpaired) electrons. The Hall–Kier alpha value is -1.40. The van der Waals surface area contributed by atoms with Crippen molar-refractivity contribution in [2.75, 3.05) is 19.7 Å². The minimum Gasteiger partial charge on any atom is -0.476 e. The monoisotopic (exact) mass is 253 g/mol. The first-order valence-corrected chi connectivity index (χ1v) is 6.19. The Labute approximate surface area is 106 Å². The SMILES string of the molecule is Cn1cc(CN2CCCC(CO)C2)c(C(=O)O)n1. The summed E-state index contributed by atoms with van der Waals surface area (Å²) >= 11 is 0. The molecule has 2 N–H and O–H groups in total. The van der Waals surface area contributed by atoms with Crippen LogP contribution in [0.15, 0.2) is 6.20 Å². The highest BCUT2D eigenvalue weighted by Crippen LogP contribution is 2.19. The van der Waals surface area contributed by atoms with Crippen molar-refractivity contribution in [3.8, 4) is 0 Å². The standard InChI is InChI=1S/C12H19N3O3/c1-14-6-10(11(13-14)12(17)18)7-15-4-2-3-9(5-15)8-16/h6,9,16H,2-5,7-8H2,1H3,(H,17,18). The van der Waals surface area contributed by atoms with Crippen molar-refractivity contribution in [1.29, 1.82) is 0 Å². The van der Waals surface area contributed by atoms with E-state index >= 15 is 0 Å². The first-order chi connectivity index (χ1) is 8.60. The zero-order valence-electron chi connectivity index (χ0n) is 10.5. The quantitative estimate of drug-likeness (QED) is 0.808. The Morgan fingerprint density at radius 2 is 2.39 bits per heavy atom. The fourth-order valence-corrected chi connectivity index (χ4v) is 2.52. The number of piperidine rings is 1. The lowest BCUT2D eigenvalue weighted by Crippen LogP contribution is -2.36. The Morgan fingerprint density at radius 1 is 1.61 bits per heavy atom. The summed E-state index contributed by atoms with van der Waals surface area (Å²) in [6.07, 6.45) is 3.85. The highest BCUT2D eigenvalue weighted by molar-refractivity contribution is 5.86. The molecule has 2 rings (SSSR count). The first-order valence-electron chi connectivity index (χ1n) is 6.19. The average molecular weight is 253 g/mol. The molecule has 0 spiro atoms. The second-order valence-electron chi connectivity index (χ2n) is 4.91. The average Bonchev–Trinajstić information content (AvgIpc) is 2.70. The fraction of sp³-hybridized carbons (Fsp3) is 0.667. The summed E-state index contributed by atoms with van der Waals surface area (Å²) in [5.41, 5.74) is 0.868. The molecule has 1 saturated heterocycles. The van der Waals surface area contributed by atoms with Crippen LogP contribution in [0, 0.1) is 5.92 Å². The minimum absolute atomic E-state index is 0.128. The molecule has 1 aliphatic heterocycles. The Morgan fingerprint density at radius 3 is 3.06 bits per heavy atom. The van der Waals surface area contributed by atoms with Crippen LogP contribution in [0.5, 0.6) is 0 Å². The van der Waals surface area contributed by atoms with Gasteiger partial charge in [-0.15, -0.1) is 0 Å². The molecule has 6 heteroatoms. The summed E-state index contributed by atoms with van der Waals surface area (Å²) < 4.78 is 1.53. The van der Waals surface area contributed by atoms with E-state index in [2.05, 4.69) is 10.00 Å². The summed E-state index contributed by atoms with van der Waals surface area (Å²) in [4.78, 5) is 13.3. The Kier molecular flexibility index (Phi) is 3.98. The van der Waals surface area contributed by atoms with E-state index in [4.69, 9.17) is 5.11 Å². The van der Waals surface area contributed by atoms with Gasteiger partial charge in [-0.3, -0.25) is 9.58 Å². The van der Waals surface area contributed by atoms with Crippen LogP contribution in [0.1, 0.15) is 28.9 Å². The van der Waals surface area contributed by atoms with E-state index in [0.717, 1.165) is 31.5 Å². The first kappa shape index (κ1) is 13.0. The van der Waals surface area contributed by atoms with Crippen molar-refractivity contribution in [2.45, 2.75) is 19.4 Å². The summed E-state index contributed by atoms with van der Waals surface area (Å²) in [6.45, 7) is 2.57. The van der Waals surface area contributed by atoms with Crippen LogP contribution in [-0.4, -0.2) is 50.6 Å². The predicted molar refractivity (Wildman–Crippen MR) is 65.3 cm³/mol. The van der Waals surface area contributed by atoms with Gasteiger partial charge in [0.25, 0.3) is 0 Å². The van der Waals surface area contributed by atoms with Crippen LogP contribution in [-0.2, 0) is 13.6 Å². The van der Waals surface area contributed by atoms with Gasteiger partial charge >= 0.3 is 5.97 Å². The number of hydrogen-bond acceptors (Lipinski definition) is 4. The molecule has 1 aromatic heterocycles. The number of rotatable bonds is 4. The lowest BCUT2D eigenvalue weighted by Gasteiger charge is -2.31. The maximum absolute atomic E-state index is 11.1. The maximum Gasteiger partial charge on any atom is 0.356 e. The van der Waals surface area contributed by atoms with Crippen molar-refractivity contribution >= 4 is 5.97 Å². The van der Waals surface area contributed by atoms with E-state index < -0.39 is 5.97 Å². The van der Waals surface area contributed by atoms with Crippen molar-refractivity contribution in [1.82, 2.24) is 14.7 Å². The molecule has 1 unspecified atom stereocenters. The minimum atomic E-state index is -0.985. The van der Waals surface area contributed by atoms with Gasteiger partial charge in [0.05, 0.1) is 0 Å². The number of aliphatic hydroxyl groups excluding tert-OH is 1. The molecular weight excluding hydrogens is 234 g/mol. The lowest BCUT2D eigenvalue weighted by molar-refractivity contribution is 0.0685. The number of hydrogen-bond donors (Lipinski definition) is 2. The van der Waals surface area contributed by atoms with Crippen molar-refractivity contribution in [3.05, 3.63) is 17.5 Å². The predicted octanol–water partition coefficient (Wildman–Crippen LogP) is 0.323. The smallest absolute Gasteiger partial charge is 0.356 e. The molecule has 0 aliphatic carbocycles. The molecule has 18 heavy (non-hydrogen) atoms. The molecule has 1 aromatic rings.